The maximum absolute atomic E-state index is 13.3. The number of oxazole rings is 1. The highest BCUT2D eigenvalue weighted by molar-refractivity contribution is 7.91. The zero-order valence-electron chi connectivity index (χ0n) is 15.9. The first kappa shape index (κ1) is 19.9. The van der Waals surface area contributed by atoms with Crippen LogP contribution in [0.15, 0.2) is 62.9 Å². The number of halogens is 1. The highest BCUT2D eigenvalue weighted by atomic mass is 35.5. The molecule has 1 fully saturated rings. The van der Waals surface area contributed by atoms with Gasteiger partial charge in [-0.25, -0.2) is 8.42 Å². The van der Waals surface area contributed by atoms with Gasteiger partial charge in [-0.1, -0.05) is 41.4 Å². The summed E-state index contributed by atoms with van der Waals surface area (Å²) in [5.74, 6) is 0.243. The van der Waals surface area contributed by atoms with E-state index >= 15 is 0 Å². The summed E-state index contributed by atoms with van der Waals surface area (Å²) in [5, 5.41) is 3.35. The van der Waals surface area contributed by atoms with Crippen LogP contribution in [0.3, 0.4) is 0 Å². The van der Waals surface area contributed by atoms with Crippen molar-refractivity contribution in [3.63, 3.8) is 0 Å². The van der Waals surface area contributed by atoms with E-state index in [0.29, 0.717) is 23.7 Å². The molecule has 152 valence electrons. The van der Waals surface area contributed by atoms with Crippen molar-refractivity contribution < 1.29 is 17.6 Å². The van der Waals surface area contributed by atoms with Crippen LogP contribution in [0.4, 0.5) is 5.88 Å². The van der Waals surface area contributed by atoms with E-state index in [4.69, 9.17) is 20.8 Å². The summed E-state index contributed by atoms with van der Waals surface area (Å²) in [4.78, 5) is 4.47. The average Bonchev–Trinajstić information content (AvgIpc) is 3.37. The molecule has 1 aliphatic rings. The summed E-state index contributed by atoms with van der Waals surface area (Å²) in [6.45, 7) is 3.05. The topological polar surface area (TPSA) is 81.4 Å². The van der Waals surface area contributed by atoms with Gasteiger partial charge in [0.2, 0.25) is 26.6 Å². The normalized spacial score (nSPS) is 16.8. The molecule has 6 nitrogen and oxygen atoms in total. The fourth-order valence-corrected chi connectivity index (χ4v) is 4.69. The van der Waals surface area contributed by atoms with Gasteiger partial charge in [0.25, 0.3) is 0 Å². The van der Waals surface area contributed by atoms with Gasteiger partial charge in [-0.15, -0.1) is 0 Å². The van der Waals surface area contributed by atoms with Gasteiger partial charge in [-0.3, -0.25) is 0 Å². The van der Waals surface area contributed by atoms with Gasteiger partial charge in [0.15, 0.2) is 0 Å². The molecule has 0 unspecified atom stereocenters. The molecule has 0 amide bonds. The number of aryl methyl sites for hydroxylation is 1. The average molecular weight is 433 g/mol. The second-order valence-corrected chi connectivity index (χ2v) is 9.24. The molecule has 2 aromatic carbocycles. The number of benzene rings is 2. The fourth-order valence-electron chi connectivity index (χ4n) is 3.19. The molecular formula is C21H21ClN2O4S. The Morgan fingerprint density at radius 1 is 1.17 bits per heavy atom. The van der Waals surface area contributed by atoms with Gasteiger partial charge in [0, 0.05) is 13.2 Å². The van der Waals surface area contributed by atoms with E-state index in [0.717, 1.165) is 18.4 Å². The second kappa shape index (κ2) is 8.18. The van der Waals surface area contributed by atoms with Gasteiger partial charge in [-0.05, 0) is 44.0 Å². The highest BCUT2D eigenvalue weighted by Gasteiger charge is 2.29. The van der Waals surface area contributed by atoms with Gasteiger partial charge in [-0.2, -0.15) is 4.98 Å². The minimum absolute atomic E-state index is 0.0128. The third-order valence-corrected chi connectivity index (χ3v) is 6.81. The smallest absolute Gasteiger partial charge is 0.233 e. The van der Waals surface area contributed by atoms with E-state index in [1.807, 2.05) is 6.92 Å². The molecule has 0 bridgehead atoms. The first-order valence-electron chi connectivity index (χ1n) is 9.38. The van der Waals surface area contributed by atoms with E-state index in [1.54, 1.807) is 48.5 Å². The first-order valence-corrected chi connectivity index (χ1v) is 11.2. The molecular weight excluding hydrogens is 412 g/mol. The van der Waals surface area contributed by atoms with Crippen molar-refractivity contribution in [3.05, 3.63) is 59.1 Å². The SMILES string of the molecule is Cc1ccc(S(=O)(=O)c2nc(-c3ccccc3Cl)oc2NC[C@@H]2CCCO2)cc1. The van der Waals surface area contributed by atoms with Crippen LogP contribution in [-0.4, -0.2) is 32.7 Å². The van der Waals surface area contributed by atoms with E-state index in [-0.39, 0.29) is 27.8 Å². The largest absolute Gasteiger partial charge is 0.419 e. The predicted octanol–water partition coefficient (Wildman–Crippen LogP) is 4.73. The van der Waals surface area contributed by atoms with Crippen molar-refractivity contribution in [3.8, 4) is 11.5 Å². The fraction of sp³-hybridized carbons (Fsp3) is 0.286. The van der Waals surface area contributed by atoms with E-state index in [9.17, 15) is 8.42 Å². The summed E-state index contributed by atoms with van der Waals surface area (Å²) >= 11 is 6.26. The quantitative estimate of drug-likeness (QED) is 0.606. The van der Waals surface area contributed by atoms with Gasteiger partial charge < -0.3 is 14.5 Å². The van der Waals surface area contributed by atoms with Crippen LogP contribution in [0.5, 0.6) is 0 Å². The van der Waals surface area contributed by atoms with Crippen molar-refractivity contribution in [2.45, 2.75) is 35.8 Å². The number of hydrogen-bond donors (Lipinski definition) is 1. The summed E-state index contributed by atoms with van der Waals surface area (Å²) in [7, 11) is -3.88. The lowest BCUT2D eigenvalue weighted by molar-refractivity contribution is 0.120. The van der Waals surface area contributed by atoms with E-state index in [1.165, 1.54) is 0 Å². The van der Waals surface area contributed by atoms with Crippen LogP contribution >= 0.6 is 11.6 Å². The Balaban J connectivity index is 1.75. The minimum Gasteiger partial charge on any atom is -0.419 e. The molecule has 1 atom stereocenters. The number of hydrogen-bond acceptors (Lipinski definition) is 6. The summed E-state index contributed by atoms with van der Waals surface area (Å²) < 4.78 is 38.0. The van der Waals surface area contributed by atoms with Crippen LogP contribution in [0.25, 0.3) is 11.5 Å². The number of sulfone groups is 1. The van der Waals surface area contributed by atoms with E-state index in [2.05, 4.69) is 10.3 Å². The molecule has 1 aromatic heterocycles. The third-order valence-electron chi connectivity index (χ3n) is 4.80. The number of rotatable bonds is 6. The molecule has 0 radical (unpaired) electrons. The molecule has 1 aliphatic heterocycles. The number of nitrogens with one attached hydrogen (secondary N) is 1. The molecule has 1 saturated heterocycles. The maximum atomic E-state index is 13.3. The Labute approximate surface area is 174 Å². The molecule has 29 heavy (non-hydrogen) atoms. The zero-order chi connectivity index (χ0) is 20.4. The Kier molecular flexibility index (Phi) is 5.63. The molecule has 2 heterocycles. The van der Waals surface area contributed by atoms with Crippen LogP contribution in [0, 0.1) is 6.92 Å². The van der Waals surface area contributed by atoms with Gasteiger partial charge in [0.05, 0.1) is 21.6 Å². The molecule has 4 rings (SSSR count). The van der Waals surface area contributed by atoms with Crippen LogP contribution in [-0.2, 0) is 14.6 Å². The first-order chi connectivity index (χ1) is 13.9. The predicted molar refractivity (Wildman–Crippen MR) is 111 cm³/mol. The van der Waals surface area contributed by atoms with Gasteiger partial charge >= 0.3 is 0 Å². The van der Waals surface area contributed by atoms with Crippen molar-refractivity contribution in [2.75, 3.05) is 18.5 Å². The van der Waals surface area contributed by atoms with Crippen molar-refractivity contribution in [1.29, 1.82) is 0 Å². The maximum Gasteiger partial charge on any atom is 0.233 e. The van der Waals surface area contributed by atoms with Crippen molar-refractivity contribution >= 4 is 27.3 Å². The zero-order valence-corrected chi connectivity index (χ0v) is 17.5. The lowest BCUT2D eigenvalue weighted by atomic mass is 10.2. The molecule has 0 saturated carbocycles. The summed E-state index contributed by atoms with van der Waals surface area (Å²) in [6.07, 6.45) is 1.92. The highest BCUT2D eigenvalue weighted by Crippen LogP contribution is 2.35. The summed E-state index contributed by atoms with van der Waals surface area (Å²) in [5.41, 5.74) is 1.50. The molecule has 3 aromatic rings. The van der Waals surface area contributed by atoms with Crippen molar-refractivity contribution in [1.82, 2.24) is 4.98 Å². The molecule has 0 aliphatic carbocycles. The number of nitrogens with zero attached hydrogens (tertiary/aromatic N) is 1. The Bertz CT molecular complexity index is 1100. The van der Waals surface area contributed by atoms with E-state index < -0.39 is 9.84 Å². The summed E-state index contributed by atoms with van der Waals surface area (Å²) in [6, 6.07) is 13.7. The Hall–Kier alpha value is -2.35. The lowest BCUT2D eigenvalue weighted by Crippen LogP contribution is -2.19. The van der Waals surface area contributed by atoms with Crippen LogP contribution in [0.2, 0.25) is 5.02 Å². The monoisotopic (exact) mass is 432 g/mol. The van der Waals surface area contributed by atoms with Gasteiger partial charge in [0.1, 0.15) is 0 Å². The number of ether oxygens (including phenoxy) is 1. The van der Waals surface area contributed by atoms with Crippen LogP contribution in [0.1, 0.15) is 18.4 Å². The number of anilines is 1. The molecule has 1 N–H and O–H groups in total. The van der Waals surface area contributed by atoms with Crippen molar-refractivity contribution in [2.24, 2.45) is 0 Å². The molecule has 8 heteroatoms. The lowest BCUT2D eigenvalue weighted by Gasteiger charge is -2.10. The second-order valence-electron chi connectivity index (χ2n) is 6.97. The van der Waals surface area contributed by atoms with Crippen LogP contribution < -0.4 is 5.32 Å². The number of aromatic nitrogens is 1. The minimum atomic E-state index is -3.88. The Morgan fingerprint density at radius 3 is 2.62 bits per heavy atom. The molecule has 0 spiro atoms. The third kappa shape index (κ3) is 4.17. The standard InChI is InChI=1S/C21H21ClN2O4S/c1-14-8-10-16(11-9-14)29(25,26)21-20(23-13-15-5-4-12-27-15)28-19(24-21)17-6-2-3-7-18(17)22/h2-3,6-11,15,23H,4-5,12-13H2,1H3/t15-/m0/s1. The Morgan fingerprint density at radius 2 is 1.93 bits per heavy atom.